The fourth-order valence-corrected chi connectivity index (χ4v) is 3.43. The maximum Gasteiger partial charge on any atom is 0.174 e. The molecular weight excluding hydrogens is 258 g/mol. The van der Waals surface area contributed by atoms with Crippen molar-refractivity contribution in [3.63, 3.8) is 0 Å². The highest BCUT2D eigenvalue weighted by atomic mass is 32.2. The van der Waals surface area contributed by atoms with Gasteiger partial charge in [0.15, 0.2) is 4.34 Å². The van der Waals surface area contributed by atoms with Crippen LogP contribution in [0.1, 0.15) is 9.75 Å². The molecule has 2 heterocycles. The third kappa shape index (κ3) is 3.32. The molecule has 0 amide bonds. The van der Waals surface area contributed by atoms with Crippen molar-refractivity contribution in [3.8, 4) is 11.8 Å². The predicted octanol–water partition coefficient (Wildman–Crippen LogP) is 2.20. The van der Waals surface area contributed by atoms with Gasteiger partial charge < -0.3 is 5.73 Å². The Labute approximate surface area is 106 Å². The Balaban J connectivity index is 1.93. The SMILES string of the molecule is NCC#Cc1ccc(CSc2nncs2)s1. The van der Waals surface area contributed by atoms with Crippen LogP contribution in [0, 0.1) is 11.8 Å². The number of thioether (sulfide) groups is 1. The van der Waals surface area contributed by atoms with E-state index in [-0.39, 0.29) is 0 Å². The topological polar surface area (TPSA) is 51.8 Å². The number of hydrogen-bond acceptors (Lipinski definition) is 6. The van der Waals surface area contributed by atoms with Gasteiger partial charge in [0, 0.05) is 10.6 Å². The lowest BCUT2D eigenvalue weighted by atomic mass is 10.4. The number of nitrogens with zero attached hydrogens (tertiary/aromatic N) is 2. The van der Waals surface area contributed by atoms with E-state index in [0.717, 1.165) is 15.0 Å². The van der Waals surface area contributed by atoms with Gasteiger partial charge in [-0.1, -0.05) is 34.9 Å². The van der Waals surface area contributed by atoms with Crippen LogP contribution in [0.15, 0.2) is 22.0 Å². The van der Waals surface area contributed by atoms with Crippen LogP contribution >= 0.6 is 34.4 Å². The van der Waals surface area contributed by atoms with Crippen molar-refractivity contribution >= 4 is 34.4 Å². The first-order chi connectivity index (χ1) is 7.88. The molecule has 0 aliphatic rings. The van der Waals surface area contributed by atoms with Crippen LogP contribution in [-0.4, -0.2) is 16.7 Å². The lowest BCUT2D eigenvalue weighted by molar-refractivity contribution is 1.01. The second-order valence-corrected chi connectivity index (χ2v) is 5.99. The number of nitrogens with two attached hydrogens (primary N) is 1. The molecule has 0 bridgehead atoms. The summed E-state index contributed by atoms with van der Waals surface area (Å²) < 4.78 is 1.00. The molecule has 2 aromatic heterocycles. The zero-order valence-electron chi connectivity index (χ0n) is 8.34. The van der Waals surface area contributed by atoms with Crippen molar-refractivity contribution in [2.24, 2.45) is 5.73 Å². The number of aromatic nitrogens is 2. The standard InChI is InChI=1S/C10H9N3S3/c11-5-1-2-8-3-4-9(16-8)6-14-10-13-12-7-15-10/h3-4,7H,5-6,11H2. The highest BCUT2D eigenvalue weighted by Crippen LogP contribution is 2.27. The lowest BCUT2D eigenvalue weighted by Gasteiger charge is -1.91. The molecule has 6 heteroatoms. The zero-order chi connectivity index (χ0) is 11.2. The molecule has 0 spiro atoms. The first-order valence-electron chi connectivity index (χ1n) is 4.55. The Kier molecular flexibility index (Phi) is 4.36. The average molecular weight is 267 g/mol. The fourth-order valence-electron chi connectivity index (χ4n) is 1.02. The van der Waals surface area contributed by atoms with Crippen LogP contribution in [-0.2, 0) is 5.75 Å². The zero-order valence-corrected chi connectivity index (χ0v) is 10.8. The number of thiophene rings is 1. The van der Waals surface area contributed by atoms with Gasteiger partial charge in [0.25, 0.3) is 0 Å². The van der Waals surface area contributed by atoms with E-state index in [4.69, 9.17) is 5.73 Å². The fraction of sp³-hybridized carbons (Fsp3) is 0.200. The van der Waals surface area contributed by atoms with E-state index >= 15 is 0 Å². The Bertz CT molecular complexity index is 493. The maximum absolute atomic E-state index is 5.32. The third-order valence-corrected chi connectivity index (χ3v) is 4.75. The molecule has 0 aliphatic carbocycles. The Morgan fingerprint density at radius 2 is 2.38 bits per heavy atom. The molecule has 3 nitrogen and oxygen atoms in total. The molecule has 0 unspecified atom stereocenters. The molecule has 0 radical (unpaired) electrons. The second kappa shape index (κ2) is 6.01. The average Bonchev–Trinajstić information content (AvgIpc) is 2.95. The molecule has 0 saturated carbocycles. The Hall–Kier alpha value is -0.870. The van der Waals surface area contributed by atoms with Gasteiger partial charge in [-0.25, -0.2) is 0 Å². The summed E-state index contributed by atoms with van der Waals surface area (Å²) in [6.07, 6.45) is 0. The summed E-state index contributed by atoms with van der Waals surface area (Å²) in [5.74, 6) is 6.80. The van der Waals surface area contributed by atoms with Gasteiger partial charge in [0.2, 0.25) is 0 Å². The van der Waals surface area contributed by atoms with Crippen molar-refractivity contribution < 1.29 is 0 Å². The normalized spacial score (nSPS) is 9.81. The van der Waals surface area contributed by atoms with E-state index in [2.05, 4.69) is 28.1 Å². The minimum absolute atomic E-state index is 0.409. The van der Waals surface area contributed by atoms with Crippen molar-refractivity contribution in [1.29, 1.82) is 0 Å². The maximum atomic E-state index is 5.32. The smallest absolute Gasteiger partial charge is 0.174 e. The van der Waals surface area contributed by atoms with Crippen LogP contribution in [0.25, 0.3) is 0 Å². The van der Waals surface area contributed by atoms with E-state index in [1.807, 2.05) is 6.07 Å². The molecule has 2 aromatic rings. The molecule has 0 aliphatic heterocycles. The second-order valence-electron chi connectivity index (χ2n) is 2.77. The summed E-state index contributed by atoms with van der Waals surface area (Å²) in [6.45, 7) is 0.409. The summed E-state index contributed by atoms with van der Waals surface area (Å²) in [5.41, 5.74) is 7.06. The summed E-state index contributed by atoms with van der Waals surface area (Å²) >= 11 is 4.96. The number of rotatable bonds is 3. The summed E-state index contributed by atoms with van der Waals surface area (Å²) in [4.78, 5) is 2.36. The van der Waals surface area contributed by atoms with Crippen molar-refractivity contribution in [2.75, 3.05) is 6.54 Å². The molecule has 16 heavy (non-hydrogen) atoms. The minimum Gasteiger partial charge on any atom is -0.320 e. The largest absolute Gasteiger partial charge is 0.320 e. The highest BCUT2D eigenvalue weighted by molar-refractivity contribution is 8.00. The van der Waals surface area contributed by atoms with Gasteiger partial charge in [-0.15, -0.1) is 21.5 Å². The van der Waals surface area contributed by atoms with Gasteiger partial charge in [0.1, 0.15) is 5.51 Å². The lowest BCUT2D eigenvalue weighted by Crippen LogP contribution is -1.92. The van der Waals surface area contributed by atoms with E-state index in [9.17, 15) is 0 Å². The molecule has 0 saturated heterocycles. The minimum atomic E-state index is 0.409. The monoisotopic (exact) mass is 267 g/mol. The summed E-state index contributed by atoms with van der Waals surface area (Å²) in [7, 11) is 0. The molecule has 2 rings (SSSR count). The Morgan fingerprint density at radius 1 is 1.44 bits per heavy atom. The quantitative estimate of drug-likeness (QED) is 0.684. The van der Waals surface area contributed by atoms with E-state index < -0.39 is 0 Å². The molecular formula is C10H9N3S3. The van der Waals surface area contributed by atoms with E-state index in [1.165, 1.54) is 4.88 Å². The molecule has 0 aromatic carbocycles. The summed E-state index contributed by atoms with van der Waals surface area (Å²) in [5, 5.41) is 7.77. The Morgan fingerprint density at radius 3 is 3.12 bits per heavy atom. The van der Waals surface area contributed by atoms with Crippen LogP contribution in [0.5, 0.6) is 0 Å². The predicted molar refractivity (Wildman–Crippen MR) is 69.7 cm³/mol. The van der Waals surface area contributed by atoms with Crippen molar-refractivity contribution in [3.05, 3.63) is 27.4 Å². The van der Waals surface area contributed by atoms with Gasteiger partial charge in [-0.3, -0.25) is 0 Å². The van der Waals surface area contributed by atoms with Gasteiger partial charge in [0.05, 0.1) is 11.4 Å². The highest BCUT2D eigenvalue weighted by Gasteiger charge is 2.01. The molecule has 82 valence electrons. The van der Waals surface area contributed by atoms with Gasteiger partial charge >= 0.3 is 0 Å². The van der Waals surface area contributed by atoms with E-state index in [1.54, 1.807) is 39.9 Å². The van der Waals surface area contributed by atoms with E-state index in [0.29, 0.717) is 6.54 Å². The molecule has 0 fully saturated rings. The molecule has 2 N–H and O–H groups in total. The van der Waals surface area contributed by atoms with Crippen molar-refractivity contribution in [2.45, 2.75) is 10.1 Å². The van der Waals surface area contributed by atoms with Crippen LogP contribution in [0.3, 0.4) is 0 Å². The third-order valence-electron chi connectivity index (χ3n) is 1.65. The van der Waals surface area contributed by atoms with Crippen LogP contribution in [0.4, 0.5) is 0 Å². The van der Waals surface area contributed by atoms with Crippen LogP contribution < -0.4 is 5.73 Å². The molecule has 0 atom stereocenters. The van der Waals surface area contributed by atoms with Crippen molar-refractivity contribution in [1.82, 2.24) is 10.2 Å². The van der Waals surface area contributed by atoms with Gasteiger partial charge in [-0.05, 0) is 12.1 Å². The summed E-state index contributed by atoms with van der Waals surface area (Å²) in [6, 6.07) is 4.13. The first kappa shape index (κ1) is 11.6. The van der Waals surface area contributed by atoms with Gasteiger partial charge in [-0.2, -0.15) is 0 Å². The van der Waals surface area contributed by atoms with Crippen LogP contribution in [0.2, 0.25) is 0 Å². The number of hydrogen-bond donors (Lipinski definition) is 1. The first-order valence-corrected chi connectivity index (χ1v) is 7.23.